The van der Waals surface area contributed by atoms with Gasteiger partial charge in [0, 0.05) is 24.9 Å². The van der Waals surface area contributed by atoms with Crippen LogP contribution >= 0.6 is 0 Å². The number of hydrogen-bond donors (Lipinski definition) is 2. The molecule has 1 saturated heterocycles. The Morgan fingerprint density at radius 2 is 1.87 bits per heavy atom. The van der Waals surface area contributed by atoms with Crippen molar-refractivity contribution in [2.24, 2.45) is 0 Å². The van der Waals surface area contributed by atoms with Crippen LogP contribution in [0.1, 0.15) is 56.3 Å². The van der Waals surface area contributed by atoms with Crippen LogP contribution in [-0.2, 0) is 15.1 Å². The van der Waals surface area contributed by atoms with Gasteiger partial charge in [0.25, 0.3) is 0 Å². The first kappa shape index (κ1) is 22.3. The molecule has 2 atom stereocenters. The average molecular weight is 421 g/mol. The van der Waals surface area contributed by atoms with Crippen molar-refractivity contribution in [3.63, 3.8) is 0 Å². The molecule has 1 aliphatic rings. The molecule has 2 aromatic carbocycles. The van der Waals surface area contributed by atoms with Crippen molar-refractivity contribution in [2.75, 3.05) is 6.54 Å². The zero-order chi connectivity index (χ0) is 22.6. The van der Waals surface area contributed by atoms with Gasteiger partial charge in [-0.05, 0) is 37.1 Å². The van der Waals surface area contributed by atoms with Crippen molar-refractivity contribution < 1.29 is 19.7 Å². The van der Waals surface area contributed by atoms with Crippen molar-refractivity contribution in [1.29, 1.82) is 5.41 Å². The molecule has 0 aliphatic carbocycles. The maximum atomic E-state index is 13.1. The van der Waals surface area contributed by atoms with Gasteiger partial charge in [0.1, 0.15) is 5.60 Å². The highest BCUT2D eigenvalue weighted by Gasteiger charge is 2.43. The summed E-state index contributed by atoms with van der Waals surface area (Å²) in [4.78, 5) is 14.8. The van der Waals surface area contributed by atoms with E-state index in [4.69, 9.17) is 20.3 Å². The van der Waals surface area contributed by atoms with E-state index in [1.165, 1.54) is 0 Å². The van der Waals surface area contributed by atoms with Gasteiger partial charge in [0.15, 0.2) is 0 Å². The highest BCUT2D eigenvalue weighted by Crippen LogP contribution is 2.41. The third-order valence-electron chi connectivity index (χ3n) is 5.55. The second kappa shape index (κ2) is 9.16. The van der Waals surface area contributed by atoms with Crippen LogP contribution in [0.5, 0.6) is 0 Å². The number of nitrogens with two attached hydrogens (primary N) is 1. The van der Waals surface area contributed by atoms with Gasteiger partial charge in [-0.2, -0.15) is 0 Å². The lowest BCUT2D eigenvalue weighted by molar-refractivity contribution is -0.133. The van der Waals surface area contributed by atoms with Gasteiger partial charge in [0.2, 0.25) is 5.90 Å². The Bertz CT molecular complexity index is 985. The van der Waals surface area contributed by atoms with E-state index >= 15 is 0 Å². The maximum absolute atomic E-state index is 13.1. The molecule has 2 aromatic rings. The molecule has 0 spiro atoms. The monoisotopic (exact) mass is 420 g/mol. The van der Waals surface area contributed by atoms with Gasteiger partial charge in [0.05, 0.1) is 13.0 Å². The van der Waals surface area contributed by atoms with Crippen LogP contribution in [0.2, 0.25) is 0 Å². The number of nitrogens with zero attached hydrogens (tertiary/aromatic N) is 1. The van der Waals surface area contributed by atoms with E-state index in [9.17, 15) is 4.79 Å². The van der Waals surface area contributed by atoms with E-state index in [-0.39, 0.29) is 23.9 Å². The quantitative estimate of drug-likeness (QED) is 0.421. The second-order valence-electron chi connectivity index (χ2n) is 8.15. The fourth-order valence-electron chi connectivity index (χ4n) is 3.99. The number of hydrogen-bond acceptors (Lipinski definition) is 4. The summed E-state index contributed by atoms with van der Waals surface area (Å²) in [7, 11) is 0. The van der Waals surface area contributed by atoms with Gasteiger partial charge in [-0.15, -0.1) is 0 Å². The smallest absolute Gasteiger partial charge is 0.411 e. The van der Waals surface area contributed by atoms with Crippen molar-refractivity contribution in [1.82, 2.24) is 4.90 Å². The normalized spacial score (nSPS) is 19.3. The molecule has 0 saturated carbocycles. The molecule has 0 radical (unpaired) electrons. The van der Waals surface area contributed by atoms with E-state index in [0.29, 0.717) is 24.9 Å². The number of benzene rings is 2. The van der Waals surface area contributed by atoms with Crippen LogP contribution in [0, 0.1) is 5.41 Å². The minimum atomic E-state index is -0.687. The van der Waals surface area contributed by atoms with Gasteiger partial charge in [-0.3, -0.25) is 5.41 Å². The first-order chi connectivity index (χ1) is 14.7. The summed E-state index contributed by atoms with van der Waals surface area (Å²) < 4.78 is 11.2. The third kappa shape index (κ3) is 5.02. The van der Waals surface area contributed by atoms with Gasteiger partial charge < -0.3 is 14.4 Å². The number of amides is 1. The van der Waals surface area contributed by atoms with Crippen molar-refractivity contribution in [2.45, 2.75) is 45.3 Å². The third-order valence-corrected chi connectivity index (χ3v) is 5.55. The Balaban J connectivity index is 1.77. The van der Waals surface area contributed by atoms with Crippen LogP contribution in [0.4, 0.5) is 4.79 Å². The largest absolute Gasteiger partial charge is 0.437 e. The van der Waals surface area contributed by atoms with Crippen LogP contribution in [0.15, 0.2) is 66.7 Å². The molecular weight excluding hydrogens is 390 g/mol. The summed E-state index contributed by atoms with van der Waals surface area (Å²) in [6.45, 7) is 10.1. The lowest BCUT2D eigenvalue weighted by atomic mass is 9.83. The van der Waals surface area contributed by atoms with E-state index < -0.39 is 5.60 Å². The summed E-state index contributed by atoms with van der Waals surface area (Å²) in [6.07, 6.45) is 0.943. The minimum Gasteiger partial charge on any atom is -0.437 e. The van der Waals surface area contributed by atoms with E-state index in [1.54, 1.807) is 24.0 Å². The topological polar surface area (TPSA) is 88.2 Å². The Morgan fingerprint density at radius 1 is 1.23 bits per heavy atom. The molecule has 3 N–H and O–H groups in total. The molecule has 3 rings (SSSR count). The molecule has 6 nitrogen and oxygen atoms in total. The van der Waals surface area contributed by atoms with E-state index in [1.807, 2.05) is 56.3 Å². The van der Waals surface area contributed by atoms with Crippen molar-refractivity contribution >= 4 is 17.9 Å². The molecule has 0 bridgehead atoms. The SMILES string of the molecule is C=C(C)CC1(c2ccccc2)CCN([C@@H](C)c2ccc(C(=N)OC(C)=[NH2+])cc2)C(=O)O1. The fraction of sp³-hybridized carbons (Fsp3) is 0.320. The first-order valence-electron chi connectivity index (χ1n) is 10.4. The Hall–Kier alpha value is -3.41. The van der Waals surface area contributed by atoms with E-state index in [0.717, 1.165) is 16.7 Å². The standard InChI is InChI=1S/C25H29N3O3/c1-17(2)16-25(22-8-6-5-7-9-22)14-15-28(24(29)31-25)18(3)20-10-12-21(13-11-20)23(27)30-19(4)26/h5-13,18,26-27H,1,14-16H2,2-4H3/p+1/t18-,25?/m0/s1. The first-order valence-corrected chi connectivity index (χ1v) is 10.4. The Morgan fingerprint density at radius 3 is 2.42 bits per heavy atom. The van der Waals surface area contributed by atoms with Gasteiger partial charge >= 0.3 is 12.0 Å². The molecular formula is C25H30N3O3+. The number of carbonyl (C=O) groups is 1. The Labute approximate surface area is 183 Å². The molecule has 1 aliphatic heterocycles. The summed E-state index contributed by atoms with van der Waals surface area (Å²) in [5, 5.41) is 13.4. The van der Waals surface area contributed by atoms with Gasteiger partial charge in [-0.25, -0.2) is 10.2 Å². The second-order valence-corrected chi connectivity index (χ2v) is 8.15. The number of cyclic esters (lactones) is 1. The molecule has 1 unspecified atom stereocenters. The number of rotatable bonds is 6. The average Bonchev–Trinajstić information content (AvgIpc) is 2.73. The highest BCUT2D eigenvalue weighted by molar-refractivity contribution is 5.97. The molecule has 0 aromatic heterocycles. The lowest BCUT2D eigenvalue weighted by Crippen LogP contribution is -2.48. The lowest BCUT2D eigenvalue weighted by Gasteiger charge is -2.43. The van der Waals surface area contributed by atoms with Crippen LogP contribution < -0.4 is 5.41 Å². The summed E-state index contributed by atoms with van der Waals surface area (Å²) in [5.74, 6) is 0.208. The minimum absolute atomic E-state index is 0.0102. The maximum Gasteiger partial charge on any atom is 0.411 e. The molecule has 6 heteroatoms. The molecule has 162 valence electrons. The fourth-order valence-corrected chi connectivity index (χ4v) is 3.99. The predicted molar refractivity (Wildman–Crippen MR) is 121 cm³/mol. The predicted octanol–water partition coefficient (Wildman–Crippen LogP) is 3.97. The van der Waals surface area contributed by atoms with E-state index in [2.05, 4.69) is 6.58 Å². The van der Waals surface area contributed by atoms with Crippen LogP contribution in [0.25, 0.3) is 0 Å². The molecule has 1 fully saturated rings. The summed E-state index contributed by atoms with van der Waals surface area (Å²) >= 11 is 0. The number of ether oxygens (including phenoxy) is 2. The van der Waals surface area contributed by atoms with Crippen molar-refractivity contribution in [3.05, 3.63) is 83.4 Å². The molecule has 31 heavy (non-hydrogen) atoms. The van der Waals surface area contributed by atoms with Gasteiger partial charge in [-0.1, -0.05) is 54.6 Å². The zero-order valence-electron chi connectivity index (χ0n) is 18.4. The van der Waals surface area contributed by atoms with Crippen LogP contribution in [0.3, 0.4) is 0 Å². The molecule has 1 heterocycles. The molecule has 1 amide bonds. The van der Waals surface area contributed by atoms with Crippen LogP contribution in [-0.4, -0.2) is 29.3 Å². The Kier molecular flexibility index (Phi) is 6.59. The summed E-state index contributed by atoms with van der Waals surface area (Å²) in [6, 6.07) is 17.1. The highest BCUT2D eigenvalue weighted by atomic mass is 16.6. The number of nitrogens with one attached hydrogen (secondary N) is 1. The number of carbonyl (C=O) groups excluding carboxylic acids is 1. The van der Waals surface area contributed by atoms with Crippen molar-refractivity contribution in [3.8, 4) is 0 Å². The summed E-state index contributed by atoms with van der Waals surface area (Å²) in [5.41, 5.74) is 2.85. The zero-order valence-corrected chi connectivity index (χ0v) is 18.4.